The van der Waals surface area contributed by atoms with Crippen LogP contribution in [0.15, 0.2) is 18.2 Å². The van der Waals surface area contributed by atoms with Gasteiger partial charge in [0.25, 0.3) is 0 Å². The quantitative estimate of drug-likeness (QED) is 0.866. The molecule has 0 spiro atoms. The van der Waals surface area contributed by atoms with E-state index in [2.05, 4.69) is 11.4 Å². The number of amides is 1. The number of hydrogen-bond donors (Lipinski definition) is 1. The first-order valence-corrected chi connectivity index (χ1v) is 6.88. The zero-order valence-electron chi connectivity index (χ0n) is 10.7. The van der Waals surface area contributed by atoms with Gasteiger partial charge in [0.05, 0.1) is 0 Å². The Bertz CT molecular complexity index is 470. The molecular weight excluding hydrogens is 226 g/mol. The van der Waals surface area contributed by atoms with Gasteiger partial charge < -0.3 is 10.1 Å². The lowest BCUT2D eigenvalue weighted by Gasteiger charge is -2.23. The summed E-state index contributed by atoms with van der Waals surface area (Å²) in [5.74, 6) is 1.61. The summed E-state index contributed by atoms with van der Waals surface area (Å²) in [5.41, 5.74) is 2.18. The summed E-state index contributed by atoms with van der Waals surface area (Å²) >= 11 is 0. The third kappa shape index (κ3) is 1.98. The molecular formula is C15H19NO2. The Kier molecular flexibility index (Phi) is 2.98. The van der Waals surface area contributed by atoms with E-state index in [1.165, 1.54) is 24.8 Å². The highest BCUT2D eigenvalue weighted by Gasteiger charge is 2.36. The minimum atomic E-state index is 0.0639. The molecule has 1 aromatic carbocycles. The van der Waals surface area contributed by atoms with Crippen molar-refractivity contribution in [3.8, 4) is 5.75 Å². The summed E-state index contributed by atoms with van der Waals surface area (Å²) in [7, 11) is 0. The number of hydrogen-bond acceptors (Lipinski definition) is 2. The maximum absolute atomic E-state index is 11.4. The zero-order valence-corrected chi connectivity index (χ0v) is 10.7. The van der Waals surface area contributed by atoms with E-state index in [-0.39, 0.29) is 5.91 Å². The van der Waals surface area contributed by atoms with Gasteiger partial charge in [-0.15, -0.1) is 0 Å². The smallest absolute Gasteiger partial charge is 0.224 e. The molecule has 1 aliphatic carbocycles. The van der Waals surface area contributed by atoms with Crippen LogP contribution in [-0.2, 0) is 4.79 Å². The van der Waals surface area contributed by atoms with Crippen LogP contribution >= 0.6 is 0 Å². The second kappa shape index (κ2) is 4.63. The van der Waals surface area contributed by atoms with Gasteiger partial charge in [0, 0.05) is 23.6 Å². The molecule has 1 heterocycles. The molecule has 1 aliphatic heterocycles. The van der Waals surface area contributed by atoms with Crippen molar-refractivity contribution < 1.29 is 9.53 Å². The Hall–Kier alpha value is -1.51. The normalized spacial score (nSPS) is 24.9. The summed E-state index contributed by atoms with van der Waals surface area (Å²) in [6, 6.07) is 6.03. The van der Waals surface area contributed by atoms with Gasteiger partial charge in [-0.05, 0) is 37.5 Å². The molecule has 0 saturated heterocycles. The topological polar surface area (TPSA) is 38.3 Å². The molecule has 2 aliphatic rings. The highest BCUT2D eigenvalue weighted by molar-refractivity contribution is 5.90. The predicted molar refractivity (Wildman–Crippen MR) is 71.0 cm³/mol. The standard InChI is InChI=1S/C15H19NO2/c1-2-15(17)16-10-7-8-14-12(9-10)11-5-3-4-6-13(11)18-14/h7-9,11,13H,2-6H2,1H3,(H,16,17). The average molecular weight is 245 g/mol. The Morgan fingerprint density at radius 1 is 1.39 bits per heavy atom. The lowest BCUT2D eigenvalue weighted by atomic mass is 9.83. The van der Waals surface area contributed by atoms with E-state index in [1.807, 2.05) is 19.1 Å². The lowest BCUT2D eigenvalue weighted by Crippen LogP contribution is -2.22. The minimum Gasteiger partial charge on any atom is -0.489 e. The maximum Gasteiger partial charge on any atom is 0.224 e. The summed E-state index contributed by atoms with van der Waals surface area (Å²) in [6.07, 6.45) is 5.81. The van der Waals surface area contributed by atoms with Crippen molar-refractivity contribution in [3.05, 3.63) is 23.8 Å². The molecule has 0 bridgehead atoms. The van der Waals surface area contributed by atoms with Gasteiger partial charge >= 0.3 is 0 Å². The first-order chi connectivity index (χ1) is 8.78. The molecule has 3 heteroatoms. The van der Waals surface area contributed by atoms with Crippen molar-refractivity contribution in [1.82, 2.24) is 0 Å². The number of carbonyl (C=O) groups is 1. The largest absolute Gasteiger partial charge is 0.489 e. The van der Waals surface area contributed by atoms with Crippen LogP contribution in [0.3, 0.4) is 0 Å². The fourth-order valence-corrected chi connectivity index (χ4v) is 3.03. The molecule has 96 valence electrons. The number of benzene rings is 1. The van der Waals surface area contributed by atoms with Gasteiger partial charge in [0.15, 0.2) is 0 Å². The fraction of sp³-hybridized carbons (Fsp3) is 0.533. The van der Waals surface area contributed by atoms with Crippen LogP contribution in [0.5, 0.6) is 5.75 Å². The van der Waals surface area contributed by atoms with Crippen LogP contribution in [0, 0.1) is 0 Å². The Morgan fingerprint density at radius 2 is 2.22 bits per heavy atom. The number of nitrogens with one attached hydrogen (secondary N) is 1. The monoisotopic (exact) mass is 245 g/mol. The third-order valence-electron chi connectivity index (χ3n) is 4.00. The van der Waals surface area contributed by atoms with Gasteiger partial charge in [-0.25, -0.2) is 0 Å². The van der Waals surface area contributed by atoms with E-state index >= 15 is 0 Å². The molecule has 0 radical (unpaired) electrons. The highest BCUT2D eigenvalue weighted by Crippen LogP contribution is 2.46. The third-order valence-corrected chi connectivity index (χ3v) is 4.00. The minimum absolute atomic E-state index is 0.0639. The molecule has 1 fully saturated rings. The molecule has 3 rings (SSSR count). The van der Waals surface area contributed by atoms with E-state index in [0.717, 1.165) is 17.9 Å². The van der Waals surface area contributed by atoms with Crippen LogP contribution in [0.4, 0.5) is 5.69 Å². The van der Waals surface area contributed by atoms with Gasteiger partial charge in [-0.1, -0.05) is 13.3 Å². The van der Waals surface area contributed by atoms with Crippen LogP contribution in [0.1, 0.15) is 50.5 Å². The predicted octanol–water partition coefficient (Wildman–Crippen LogP) is 3.45. The molecule has 1 saturated carbocycles. The molecule has 1 aromatic rings. The molecule has 18 heavy (non-hydrogen) atoms. The van der Waals surface area contributed by atoms with Crippen molar-refractivity contribution in [3.63, 3.8) is 0 Å². The number of anilines is 1. The molecule has 2 atom stereocenters. The van der Waals surface area contributed by atoms with Crippen molar-refractivity contribution >= 4 is 11.6 Å². The SMILES string of the molecule is CCC(=O)Nc1ccc2c(c1)C1CCCCC1O2. The first kappa shape index (κ1) is 11.6. The molecule has 2 unspecified atom stereocenters. The number of fused-ring (bicyclic) bond motifs is 3. The van der Waals surface area contributed by atoms with Crippen molar-refractivity contribution in [2.45, 2.75) is 51.0 Å². The maximum atomic E-state index is 11.4. The zero-order chi connectivity index (χ0) is 12.5. The Balaban J connectivity index is 1.85. The molecule has 1 N–H and O–H groups in total. The fourth-order valence-electron chi connectivity index (χ4n) is 3.03. The number of rotatable bonds is 2. The van der Waals surface area contributed by atoms with E-state index < -0.39 is 0 Å². The van der Waals surface area contributed by atoms with Gasteiger partial charge in [0.2, 0.25) is 5.91 Å². The van der Waals surface area contributed by atoms with Crippen LogP contribution < -0.4 is 10.1 Å². The lowest BCUT2D eigenvalue weighted by molar-refractivity contribution is -0.115. The van der Waals surface area contributed by atoms with E-state index in [1.54, 1.807) is 0 Å². The summed E-state index contributed by atoms with van der Waals surface area (Å²) in [5, 5.41) is 2.92. The van der Waals surface area contributed by atoms with Crippen molar-refractivity contribution in [2.75, 3.05) is 5.32 Å². The number of carbonyl (C=O) groups excluding carboxylic acids is 1. The van der Waals surface area contributed by atoms with E-state index in [0.29, 0.717) is 18.4 Å². The first-order valence-electron chi connectivity index (χ1n) is 6.88. The Morgan fingerprint density at radius 3 is 3.06 bits per heavy atom. The van der Waals surface area contributed by atoms with Gasteiger partial charge in [0.1, 0.15) is 11.9 Å². The Labute approximate surface area is 108 Å². The van der Waals surface area contributed by atoms with Crippen LogP contribution in [0.25, 0.3) is 0 Å². The molecule has 3 nitrogen and oxygen atoms in total. The van der Waals surface area contributed by atoms with Crippen molar-refractivity contribution in [1.29, 1.82) is 0 Å². The van der Waals surface area contributed by atoms with Crippen molar-refractivity contribution in [2.24, 2.45) is 0 Å². The number of ether oxygens (including phenoxy) is 1. The van der Waals surface area contributed by atoms with Crippen LogP contribution in [0.2, 0.25) is 0 Å². The summed E-state index contributed by atoms with van der Waals surface area (Å²) < 4.78 is 5.98. The molecule has 1 amide bonds. The van der Waals surface area contributed by atoms with E-state index in [4.69, 9.17) is 4.74 Å². The van der Waals surface area contributed by atoms with E-state index in [9.17, 15) is 4.79 Å². The highest BCUT2D eigenvalue weighted by atomic mass is 16.5. The summed E-state index contributed by atoms with van der Waals surface area (Å²) in [4.78, 5) is 11.4. The second-order valence-electron chi connectivity index (χ2n) is 5.20. The van der Waals surface area contributed by atoms with Gasteiger partial charge in [-0.3, -0.25) is 4.79 Å². The molecule has 0 aromatic heterocycles. The average Bonchev–Trinajstić information content (AvgIpc) is 2.77. The second-order valence-corrected chi connectivity index (χ2v) is 5.20. The summed E-state index contributed by atoms with van der Waals surface area (Å²) in [6.45, 7) is 1.86. The van der Waals surface area contributed by atoms with Gasteiger partial charge in [-0.2, -0.15) is 0 Å². The van der Waals surface area contributed by atoms with Crippen LogP contribution in [-0.4, -0.2) is 12.0 Å².